The zero-order valence-electron chi connectivity index (χ0n) is 9.57. The van der Waals surface area contributed by atoms with Gasteiger partial charge in [0.15, 0.2) is 0 Å². The number of nitrogens with two attached hydrogens (primary N) is 2. The molecule has 18 heavy (non-hydrogen) atoms. The van der Waals surface area contributed by atoms with Crippen LogP contribution in [0.15, 0.2) is 40.9 Å². The van der Waals surface area contributed by atoms with E-state index in [1.165, 1.54) is 0 Å². The van der Waals surface area contributed by atoms with Crippen LogP contribution in [0.1, 0.15) is 0 Å². The SMILES string of the molecule is [B]c1ccc2c(c1)c(N)c(N)c1cc(Br)ccc12. The minimum absolute atomic E-state index is 0.586. The Morgan fingerprint density at radius 2 is 1.33 bits per heavy atom. The molecule has 2 nitrogen and oxygen atoms in total. The van der Waals surface area contributed by atoms with Crippen molar-refractivity contribution in [1.29, 1.82) is 0 Å². The maximum atomic E-state index is 6.12. The van der Waals surface area contributed by atoms with E-state index in [0.29, 0.717) is 16.8 Å². The van der Waals surface area contributed by atoms with Crippen molar-refractivity contribution in [1.82, 2.24) is 0 Å². The largest absolute Gasteiger partial charge is 0.397 e. The van der Waals surface area contributed by atoms with Crippen molar-refractivity contribution in [2.75, 3.05) is 11.5 Å². The third kappa shape index (κ3) is 1.56. The molecule has 0 atom stereocenters. The summed E-state index contributed by atoms with van der Waals surface area (Å²) in [5.74, 6) is 0. The predicted molar refractivity (Wildman–Crippen MR) is 83.4 cm³/mol. The lowest BCUT2D eigenvalue weighted by Crippen LogP contribution is -2.03. The van der Waals surface area contributed by atoms with Gasteiger partial charge in [0.1, 0.15) is 7.85 Å². The van der Waals surface area contributed by atoms with Crippen molar-refractivity contribution in [3.05, 3.63) is 40.9 Å². The van der Waals surface area contributed by atoms with E-state index in [2.05, 4.69) is 15.9 Å². The molecule has 0 fully saturated rings. The summed E-state index contributed by atoms with van der Waals surface area (Å²) in [4.78, 5) is 0. The summed E-state index contributed by atoms with van der Waals surface area (Å²) >= 11 is 3.45. The molecule has 0 aliphatic heterocycles. The van der Waals surface area contributed by atoms with Crippen molar-refractivity contribution >= 4 is 62.2 Å². The summed E-state index contributed by atoms with van der Waals surface area (Å²) in [6.45, 7) is 0. The third-order valence-electron chi connectivity index (χ3n) is 3.19. The molecule has 0 aromatic heterocycles. The van der Waals surface area contributed by atoms with Crippen molar-refractivity contribution in [2.45, 2.75) is 0 Å². The number of halogens is 1. The van der Waals surface area contributed by atoms with Crippen molar-refractivity contribution in [3.8, 4) is 0 Å². The lowest BCUT2D eigenvalue weighted by atomic mass is 9.90. The fourth-order valence-electron chi connectivity index (χ4n) is 2.28. The third-order valence-corrected chi connectivity index (χ3v) is 3.68. The lowest BCUT2D eigenvalue weighted by Gasteiger charge is -2.12. The lowest BCUT2D eigenvalue weighted by molar-refractivity contribution is 1.71. The van der Waals surface area contributed by atoms with Crippen molar-refractivity contribution in [2.24, 2.45) is 0 Å². The van der Waals surface area contributed by atoms with Gasteiger partial charge in [-0.25, -0.2) is 0 Å². The molecule has 3 aromatic rings. The van der Waals surface area contributed by atoms with E-state index in [4.69, 9.17) is 19.3 Å². The topological polar surface area (TPSA) is 52.0 Å². The first-order chi connectivity index (χ1) is 8.58. The molecule has 0 unspecified atom stereocenters. The minimum atomic E-state index is 0.586. The minimum Gasteiger partial charge on any atom is -0.397 e. The number of rotatable bonds is 0. The van der Waals surface area contributed by atoms with Crippen LogP contribution in [0.2, 0.25) is 0 Å². The van der Waals surface area contributed by atoms with Gasteiger partial charge in [-0.05, 0) is 22.9 Å². The van der Waals surface area contributed by atoms with Gasteiger partial charge in [-0.15, -0.1) is 0 Å². The second-order valence-corrected chi connectivity index (χ2v) is 5.24. The second kappa shape index (κ2) is 3.92. The van der Waals surface area contributed by atoms with E-state index in [-0.39, 0.29) is 0 Å². The molecule has 0 bridgehead atoms. The van der Waals surface area contributed by atoms with Gasteiger partial charge in [-0.1, -0.05) is 45.7 Å². The Morgan fingerprint density at radius 3 is 2.00 bits per heavy atom. The highest BCUT2D eigenvalue weighted by molar-refractivity contribution is 9.10. The molecule has 86 valence electrons. The first-order valence-corrected chi connectivity index (χ1v) is 6.32. The van der Waals surface area contributed by atoms with Crippen LogP contribution in [0.25, 0.3) is 21.5 Å². The Bertz CT molecular complexity index is 717. The molecule has 3 rings (SSSR count). The van der Waals surface area contributed by atoms with E-state index < -0.39 is 0 Å². The Kier molecular flexibility index (Phi) is 2.49. The summed E-state index contributed by atoms with van der Waals surface area (Å²) < 4.78 is 0.982. The fraction of sp³-hybridized carbons (Fsp3) is 0. The molecule has 0 amide bonds. The Balaban J connectivity index is 2.62. The zero-order chi connectivity index (χ0) is 12.9. The van der Waals surface area contributed by atoms with Crippen LogP contribution < -0.4 is 16.9 Å². The average Bonchev–Trinajstić information content (AvgIpc) is 2.36. The van der Waals surface area contributed by atoms with Gasteiger partial charge in [0, 0.05) is 15.2 Å². The van der Waals surface area contributed by atoms with Crippen LogP contribution in [0.5, 0.6) is 0 Å². The van der Waals surface area contributed by atoms with Gasteiger partial charge < -0.3 is 11.5 Å². The van der Waals surface area contributed by atoms with Gasteiger partial charge in [0.05, 0.1) is 11.4 Å². The molecule has 0 heterocycles. The van der Waals surface area contributed by atoms with Gasteiger partial charge in [0.25, 0.3) is 0 Å². The molecule has 2 radical (unpaired) electrons. The number of hydrogen-bond donors (Lipinski definition) is 2. The number of fused-ring (bicyclic) bond motifs is 3. The van der Waals surface area contributed by atoms with Crippen LogP contribution >= 0.6 is 15.9 Å². The normalized spacial score (nSPS) is 11.2. The van der Waals surface area contributed by atoms with Crippen molar-refractivity contribution < 1.29 is 0 Å². The van der Waals surface area contributed by atoms with Gasteiger partial charge >= 0.3 is 0 Å². The number of benzene rings is 3. The molecule has 0 spiro atoms. The highest BCUT2D eigenvalue weighted by Gasteiger charge is 2.10. The maximum Gasteiger partial charge on any atom is 0.113 e. The molecule has 4 heteroatoms. The monoisotopic (exact) mass is 296 g/mol. The average molecular weight is 297 g/mol. The standard InChI is InChI=1S/C14H10BBrN2/c15-7-1-3-9-10-4-2-8(16)6-12(10)14(18)13(17)11(9)5-7/h1-6H,17-18H2. The van der Waals surface area contributed by atoms with Crippen LogP contribution in [-0.2, 0) is 0 Å². The number of hydrogen-bond acceptors (Lipinski definition) is 2. The smallest absolute Gasteiger partial charge is 0.113 e. The second-order valence-electron chi connectivity index (χ2n) is 4.32. The van der Waals surface area contributed by atoms with Crippen LogP contribution in [-0.4, -0.2) is 7.85 Å². The molecule has 4 N–H and O–H groups in total. The first kappa shape index (κ1) is 11.4. The maximum absolute atomic E-state index is 6.12. The zero-order valence-corrected chi connectivity index (χ0v) is 11.2. The number of anilines is 2. The van der Waals surface area contributed by atoms with Gasteiger partial charge in [-0.3, -0.25) is 0 Å². The predicted octanol–water partition coefficient (Wildman–Crippen LogP) is 2.71. The summed E-state index contributed by atoms with van der Waals surface area (Å²) in [6.07, 6.45) is 0. The van der Waals surface area contributed by atoms with E-state index in [1.807, 2.05) is 36.4 Å². The first-order valence-electron chi connectivity index (χ1n) is 5.53. The molecule has 0 saturated heterocycles. The van der Waals surface area contributed by atoms with E-state index in [1.54, 1.807) is 0 Å². The summed E-state index contributed by atoms with van der Waals surface area (Å²) in [5.41, 5.74) is 14.1. The number of nitrogen functional groups attached to an aromatic ring is 2. The Hall–Kier alpha value is -1.68. The Morgan fingerprint density at radius 1 is 0.778 bits per heavy atom. The van der Waals surface area contributed by atoms with E-state index in [0.717, 1.165) is 26.0 Å². The molecule has 0 aliphatic rings. The quantitative estimate of drug-likeness (QED) is 0.290. The molecular formula is C14H10BBrN2. The van der Waals surface area contributed by atoms with Crippen LogP contribution in [0, 0.1) is 0 Å². The summed E-state index contributed by atoms with van der Waals surface area (Å²) in [5, 5.41) is 4.01. The fourth-order valence-corrected chi connectivity index (χ4v) is 2.64. The Labute approximate surface area is 114 Å². The van der Waals surface area contributed by atoms with Gasteiger partial charge in [0.2, 0.25) is 0 Å². The molecular weight excluding hydrogens is 287 g/mol. The molecule has 0 saturated carbocycles. The summed E-state index contributed by atoms with van der Waals surface area (Å²) in [6, 6.07) is 11.7. The van der Waals surface area contributed by atoms with Crippen LogP contribution in [0.3, 0.4) is 0 Å². The van der Waals surface area contributed by atoms with Gasteiger partial charge in [-0.2, -0.15) is 0 Å². The van der Waals surface area contributed by atoms with E-state index >= 15 is 0 Å². The highest BCUT2D eigenvalue weighted by atomic mass is 79.9. The highest BCUT2D eigenvalue weighted by Crippen LogP contribution is 2.37. The van der Waals surface area contributed by atoms with E-state index in [9.17, 15) is 0 Å². The van der Waals surface area contributed by atoms with Crippen molar-refractivity contribution in [3.63, 3.8) is 0 Å². The van der Waals surface area contributed by atoms with Crippen LogP contribution in [0.4, 0.5) is 11.4 Å². The molecule has 3 aromatic carbocycles. The summed E-state index contributed by atoms with van der Waals surface area (Å²) in [7, 11) is 5.81. The molecule has 0 aliphatic carbocycles.